The van der Waals surface area contributed by atoms with Crippen molar-refractivity contribution in [3.05, 3.63) is 47.0 Å². The first-order chi connectivity index (χ1) is 9.26. The molecule has 0 bridgehead atoms. The molecule has 0 spiro atoms. The van der Waals surface area contributed by atoms with Gasteiger partial charge in [0.15, 0.2) is 11.5 Å². The van der Waals surface area contributed by atoms with Crippen molar-refractivity contribution in [3.63, 3.8) is 0 Å². The van der Waals surface area contributed by atoms with Crippen molar-refractivity contribution >= 4 is 11.6 Å². The molecule has 4 nitrogen and oxygen atoms in total. The van der Waals surface area contributed by atoms with E-state index < -0.39 is 0 Å². The second kappa shape index (κ2) is 4.99. The maximum Gasteiger partial charge on any atom is 0.231 e. The molecule has 1 aliphatic heterocycles. The van der Waals surface area contributed by atoms with E-state index in [0.29, 0.717) is 33.6 Å². The Kier molecular flexibility index (Phi) is 3.19. The molecule has 0 aromatic heterocycles. The highest BCUT2D eigenvalue weighted by atomic mass is 35.5. The van der Waals surface area contributed by atoms with Crippen LogP contribution in [0.25, 0.3) is 0 Å². The fourth-order valence-electron chi connectivity index (χ4n) is 1.80. The van der Waals surface area contributed by atoms with Crippen LogP contribution in [0, 0.1) is 0 Å². The van der Waals surface area contributed by atoms with Gasteiger partial charge in [0.1, 0.15) is 11.5 Å². The van der Waals surface area contributed by atoms with Crippen LogP contribution in [0.15, 0.2) is 36.4 Å². The molecular formula is C14H11ClO4. The summed E-state index contributed by atoms with van der Waals surface area (Å²) < 4.78 is 16.2. The van der Waals surface area contributed by atoms with Crippen molar-refractivity contribution in [2.75, 3.05) is 6.79 Å². The molecular weight excluding hydrogens is 268 g/mol. The summed E-state index contributed by atoms with van der Waals surface area (Å²) in [6.45, 7) is 0.138. The van der Waals surface area contributed by atoms with Crippen LogP contribution in [0.4, 0.5) is 0 Å². The zero-order chi connectivity index (χ0) is 13.2. The highest BCUT2D eigenvalue weighted by Crippen LogP contribution is 2.37. The molecule has 2 aromatic carbocycles. The fraction of sp³-hybridized carbons (Fsp3) is 0.143. The highest BCUT2D eigenvalue weighted by molar-refractivity contribution is 6.31. The van der Waals surface area contributed by atoms with Gasteiger partial charge in [0, 0.05) is 11.1 Å². The molecule has 0 aliphatic carbocycles. The van der Waals surface area contributed by atoms with Gasteiger partial charge in [-0.25, -0.2) is 0 Å². The summed E-state index contributed by atoms with van der Waals surface area (Å²) in [7, 11) is 0. The molecule has 0 saturated carbocycles. The van der Waals surface area contributed by atoms with Gasteiger partial charge in [-0.15, -0.1) is 0 Å². The monoisotopic (exact) mass is 278 g/mol. The third kappa shape index (κ3) is 2.45. The Labute approximate surface area is 115 Å². The average Bonchev–Trinajstić information content (AvgIpc) is 2.86. The fourth-order valence-corrected chi connectivity index (χ4v) is 2.03. The van der Waals surface area contributed by atoms with Crippen LogP contribution in [0.3, 0.4) is 0 Å². The van der Waals surface area contributed by atoms with Crippen molar-refractivity contribution < 1.29 is 19.3 Å². The lowest BCUT2D eigenvalue weighted by molar-refractivity contribution is 0.174. The van der Waals surface area contributed by atoms with E-state index >= 15 is 0 Å². The van der Waals surface area contributed by atoms with Gasteiger partial charge in [-0.3, -0.25) is 0 Å². The SMILES string of the molecule is OCc1ccc(Oc2ccc3c(c2)OCO3)cc1Cl. The van der Waals surface area contributed by atoms with Crippen molar-refractivity contribution in [2.45, 2.75) is 6.61 Å². The minimum Gasteiger partial charge on any atom is -0.457 e. The normalized spacial score (nSPS) is 12.5. The predicted molar refractivity (Wildman–Crippen MR) is 70.0 cm³/mol. The van der Waals surface area contributed by atoms with Crippen LogP contribution in [-0.2, 0) is 6.61 Å². The molecule has 1 heterocycles. The Hall–Kier alpha value is -1.91. The zero-order valence-electron chi connectivity index (χ0n) is 9.93. The number of hydrogen-bond donors (Lipinski definition) is 1. The van der Waals surface area contributed by atoms with Gasteiger partial charge in [-0.1, -0.05) is 17.7 Å². The Bertz CT molecular complexity index is 612. The molecule has 5 heteroatoms. The van der Waals surface area contributed by atoms with E-state index in [2.05, 4.69) is 0 Å². The first kappa shape index (κ1) is 12.1. The number of aliphatic hydroxyl groups excluding tert-OH is 1. The Morgan fingerprint density at radius 1 is 1.05 bits per heavy atom. The van der Waals surface area contributed by atoms with E-state index in [0.717, 1.165) is 0 Å². The molecule has 0 atom stereocenters. The van der Waals surface area contributed by atoms with E-state index in [-0.39, 0.29) is 13.4 Å². The molecule has 19 heavy (non-hydrogen) atoms. The van der Waals surface area contributed by atoms with Crippen LogP contribution < -0.4 is 14.2 Å². The molecule has 2 aromatic rings. The van der Waals surface area contributed by atoms with Crippen molar-refractivity contribution in [1.29, 1.82) is 0 Å². The van der Waals surface area contributed by atoms with Gasteiger partial charge in [0.2, 0.25) is 6.79 Å². The summed E-state index contributed by atoms with van der Waals surface area (Å²) >= 11 is 6.00. The van der Waals surface area contributed by atoms with Crippen molar-refractivity contribution in [1.82, 2.24) is 0 Å². The number of rotatable bonds is 3. The Morgan fingerprint density at radius 2 is 1.79 bits per heavy atom. The zero-order valence-corrected chi connectivity index (χ0v) is 10.7. The van der Waals surface area contributed by atoms with E-state index in [9.17, 15) is 0 Å². The van der Waals surface area contributed by atoms with Gasteiger partial charge in [-0.2, -0.15) is 0 Å². The van der Waals surface area contributed by atoms with Gasteiger partial charge < -0.3 is 19.3 Å². The molecule has 0 unspecified atom stereocenters. The maximum atomic E-state index is 9.05. The van der Waals surface area contributed by atoms with Crippen LogP contribution >= 0.6 is 11.6 Å². The standard InChI is InChI=1S/C14H11ClO4/c15-12-5-10(2-1-9(12)7-16)19-11-3-4-13-14(6-11)18-8-17-13/h1-6,16H,7-8H2. The second-order valence-corrected chi connectivity index (χ2v) is 4.44. The quantitative estimate of drug-likeness (QED) is 0.935. The number of halogens is 1. The Morgan fingerprint density at radius 3 is 2.58 bits per heavy atom. The lowest BCUT2D eigenvalue weighted by Gasteiger charge is -2.08. The van der Waals surface area contributed by atoms with Gasteiger partial charge in [0.25, 0.3) is 0 Å². The van der Waals surface area contributed by atoms with Gasteiger partial charge >= 0.3 is 0 Å². The topological polar surface area (TPSA) is 47.9 Å². The van der Waals surface area contributed by atoms with E-state index in [1.165, 1.54) is 0 Å². The minimum atomic E-state index is -0.0941. The lowest BCUT2D eigenvalue weighted by Crippen LogP contribution is -1.92. The predicted octanol–water partition coefficient (Wildman–Crippen LogP) is 3.35. The highest BCUT2D eigenvalue weighted by Gasteiger charge is 2.14. The van der Waals surface area contributed by atoms with Crippen LogP contribution in [0.2, 0.25) is 5.02 Å². The summed E-state index contributed by atoms with van der Waals surface area (Å²) in [6.07, 6.45) is 0. The van der Waals surface area contributed by atoms with Gasteiger partial charge in [-0.05, 0) is 29.8 Å². The molecule has 0 fully saturated rings. The smallest absolute Gasteiger partial charge is 0.231 e. The summed E-state index contributed by atoms with van der Waals surface area (Å²) in [5.74, 6) is 2.61. The molecule has 1 aliphatic rings. The first-order valence-corrected chi connectivity index (χ1v) is 6.11. The number of benzene rings is 2. The molecule has 98 valence electrons. The van der Waals surface area contributed by atoms with Gasteiger partial charge in [0.05, 0.1) is 6.61 Å². The lowest BCUT2D eigenvalue weighted by atomic mass is 10.2. The number of hydrogen-bond acceptors (Lipinski definition) is 4. The van der Waals surface area contributed by atoms with Crippen LogP contribution in [0.5, 0.6) is 23.0 Å². The summed E-state index contributed by atoms with van der Waals surface area (Å²) in [5, 5.41) is 9.52. The molecule has 3 rings (SSSR count). The van der Waals surface area contributed by atoms with Crippen LogP contribution in [-0.4, -0.2) is 11.9 Å². The number of fused-ring (bicyclic) bond motifs is 1. The third-order valence-corrected chi connectivity index (χ3v) is 3.13. The minimum absolute atomic E-state index is 0.0941. The van der Waals surface area contributed by atoms with E-state index in [1.54, 1.807) is 36.4 Å². The first-order valence-electron chi connectivity index (χ1n) is 5.73. The average molecular weight is 279 g/mol. The Balaban J connectivity index is 1.83. The third-order valence-electron chi connectivity index (χ3n) is 2.77. The molecule has 0 radical (unpaired) electrons. The van der Waals surface area contributed by atoms with Crippen LogP contribution in [0.1, 0.15) is 5.56 Å². The summed E-state index contributed by atoms with van der Waals surface area (Å²) in [6, 6.07) is 10.5. The van der Waals surface area contributed by atoms with E-state index in [1.807, 2.05) is 0 Å². The second-order valence-electron chi connectivity index (χ2n) is 4.03. The summed E-state index contributed by atoms with van der Waals surface area (Å²) in [5.41, 5.74) is 0.666. The number of ether oxygens (including phenoxy) is 3. The van der Waals surface area contributed by atoms with E-state index in [4.69, 9.17) is 30.9 Å². The van der Waals surface area contributed by atoms with Crippen molar-refractivity contribution in [2.24, 2.45) is 0 Å². The molecule has 0 saturated heterocycles. The number of aliphatic hydroxyl groups is 1. The largest absolute Gasteiger partial charge is 0.457 e. The molecule has 0 amide bonds. The van der Waals surface area contributed by atoms with Crippen molar-refractivity contribution in [3.8, 4) is 23.0 Å². The molecule has 1 N–H and O–H groups in total. The summed E-state index contributed by atoms with van der Waals surface area (Å²) in [4.78, 5) is 0. The maximum absolute atomic E-state index is 9.05.